The Bertz CT molecular complexity index is 1470. The normalized spacial score (nSPS) is 11.8. The molecule has 0 aliphatic rings. The van der Waals surface area contributed by atoms with Crippen LogP contribution in [0.3, 0.4) is 0 Å². The van der Waals surface area contributed by atoms with Gasteiger partial charge in [0.1, 0.15) is 5.58 Å². The smallest absolute Gasteiger partial charge is 0.345 e. The summed E-state index contributed by atoms with van der Waals surface area (Å²) in [5.41, 5.74) is 6.06. The molecule has 0 atom stereocenters. The zero-order chi connectivity index (χ0) is 20.5. The number of para-hydroxylation sites is 1. The van der Waals surface area contributed by atoms with E-state index in [1.54, 1.807) is 6.07 Å². The standard InChI is InChI=1S/C24H17N3O2S/c1-15(17-11-10-16-6-2-3-7-18(16)12-17)26-27-24-25-21(14-30-24)20-13-19-8-4-5-9-22(19)29-23(20)28/h2-14H,1H3,(H,25,27)/b26-15+. The highest BCUT2D eigenvalue weighted by Gasteiger charge is 2.11. The van der Waals surface area contributed by atoms with Crippen LogP contribution >= 0.6 is 11.3 Å². The van der Waals surface area contributed by atoms with E-state index in [0.717, 1.165) is 16.7 Å². The summed E-state index contributed by atoms with van der Waals surface area (Å²) in [6, 6.07) is 23.7. The number of anilines is 1. The molecule has 0 fully saturated rings. The van der Waals surface area contributed by atoms with Crippen molar-refractivity contribution in [3.8, 4) is 11.3 Å². The molecule has 0 amide bonds. The number of nitrogens with zero attached hydrogens (tertiary/aromatic N) is 2. The predicted molar refractivity (Wildman–Crippen MR) is 123 cm³/mol. The maximum atomic E-state index is 12.4. The molecule has 0 saturated carbocycles. The molecule has 6 heteroatoms. The monoisotopic (exact) mass is 411 g/mol. The fraction of sp³-hybridized carbons (Fsp3) is 0.0417. The summed E-state index contributed by atoms with van der Waals surface area (Å²) in [4.78, 5) is 16.9. The van der Waals surface area contributed by atoms with Crippen molar-refractivity contribution < 1.29 is 4.42 Å². The second-order valence-corrected chi connectivity index (χ2v) is 7.75. The third-order valence-corrected chi connectivity index (χ3v) is 5.65. The fourth-order valence-corrected chi connectivity index (χ4v) is 3.95. The van der Waals surface area contributed by atoms with Crippen LogP contribution in [0, 0.1) is 0 Å². The van der Waals surface area contributed by atoms with Crippen LogP contribution in [0.4, 0.5) is 5.13 Å². The van der Waals surface area contributed by atoms with Gasteiger partial charge in [0.05, 0.1) is 17.0 Å². The molecule has 0 bridgehead atoms. The van der Waals surface area contributed by atoms with Gasteiger partial charge in [-0.3, -0.25) is 5.43 Å². The SMILES string of the molecule is C/C(=N\Nc1nc(-c2cc3ccccc3oc2=O)cs1)c1ccc2ccccc2c1. The number of hydrogen-bond acceptors (Lipinski definition) is 6. The van der Waals surface area contributed by atoms with Gasteiger partial charge in [0.25, 0.3) is 0 Å². The topological polar surface area (TPSA) is 67.5 Å². The Kier molecular flexibility index (Phi) is 4.61. The number of nitrogens with one attached hydrogen (secondary N) is 1. The first-order chi connectivity index (χ1) is 14.7. The molecule has 0 radical (unpaired) electrons. The van der Waals surface area contributed by atoms with Crippen LogP contribution in [0.2, 0.25) is 0 Å². The molecule has 5 nitrogen and oxygen atoms in total. The van der Waals surface area contributed by atoms with E-state index in [1.807, 2.05) is 48.7 Å². The van der Waals surface area contributed by atoms with Crippen molar-refractivity contribution in [2.24, 2.45) is 5.10 Å². The average Bonchev–Trinajstić information content (AvgIpc) is 3.25. The van der Waals surface area contributed by atoms with E-state index in [4.69, 9.17) is 4.42 Å². The predicted octanol–water partition coefficient (Wildman–Crippen LogP) is 5.91. The Morgan fingerprint density at radius 1 is 0.967 bits per heavy atom. The van der Waals surface area contributed by atoms with Gasteiger partial charge in [-0.15, -0.1) is 11.3 Å². The number of benzene rings is 3. The Balaban J connectivity index is 1.40. The van der Waals surface area contributed by atoms with Crippen LogP contribution in [0.25, 0.3) is 33.0 Å². The molecular weight excluding hydrogens is 394 g/mol. The lowest BCUT2D eigenvalue weighted by molar-refractivity contribution is 0.563. The molecule has 0 aliphatic carbocycles. The fourth-order valence-electron chi connectivity index (χ4n) is 3.30. The van der Waals surface area contributed by atoms with Gasteiger partial charge in [-0.25, -0.2) is 9.78 Å². The molecule has 30 heavy (non-hydrogen) atoms. The first-order valence-electron chi connectivity index (χ1n) is 9.46. The summed E-state index contributed by atoms with van der Waals surface area (Å²) in [5, 5.41) is 10.1. The molecule has 3 aromatic carbocycles. The second-order valence-electron chi connectivity index (χ2n) is 6.89. The summed E-state index contributed by atoms with van der Waals surface area (Å²) >= 11 is 1.39. The van der Waals surface area contributed by atoms with Gasteiger partial charge in [0.2, 0.25) is 5.13 Å². The van der Waals surface area contributed by atoms with Gasteiger partial charge < -0.3 is 4.42 Å². The van der Waals surface area contributed by atoms with Crippen LogP contribution in [0.5, 0.6) is 0 Å². The maximum Gasteiger partial charge on any atom is 0.345 e. The molecule has 5 aromatic rings. The van der Waals surface area contributed by atoms with Crippen molar-refractivity contribution in [2.45, 2.75) is 6.92 Å². The summed E-state index contributed by atoms with van der Waals surface area (Å²) in [5.74, 6) is 0. The minimum Gasteiger partial charge on any atom is -0.422 e. The molecule has 0 aliphatic heterocycles. The van der Waals surface area contributed by atoms with E-state index in [2.05, 4.69) is 45.8 Å². The summed E-state index contributed by atoms with van der Waals surface area (Å²) in [6.07, 6.45) is 0. The highest BCUT2D eigenvalue weighted by atomic mass is 32.1. The molecule has 1 N–H and O–H groups in total. The lowest BCUT2D eigenvalue weighted by Crippen LogP contribution is -2.03. The minimum absolute atomic E-state index is 0.401. The summed E-state index contributed by atoms with van der Waals surface area (Å²) < 4.78 is 5.41. The van der Waals surface area contributed by atoms with Crippen LogP contribution in [0.1, 0.15) is 12.5 Å². The largest absolute Gasteiger partial charge is 0.422 e. The molecule has 0 spiro atoms. The number of hydrazone groups is 1. The van der Waals surface area contributed by atoms with E-state index in [-0.39, 0.29) is 0 Å². The lowest BCUT2D eigenvalue weighted by Gasteiger charge is -2.04. The van der Waals surface area contributed by atoms with Gasteiger partial charge in [-0.05, 0) is 41.5 Å². The number of hydrogen-bond donors (Lipinski definition) is 1. The quantitative estimate of drug-likeness (QED) is 0.227. The Hall–Kier alpha value is -3.77. The van der Waals surface area contributed by atoms with Crippen LogP contribution in [-0.4, -0.2) is 10.7 Å². The van der Waals surface area contributed by atoms with Crippen molar-refractivity contribution in [1.82, 2.24) is 4.98 Å². The molecular formula is C24H17N3O2S. The van der Waals surface area contributed by atoms with Crippen LogP contribution in [0.15, 0.2) is 92.5 Å². The first kappa shape index (κ1) is 18.3. The lowest BCUT2D eigenvalue weighted by atomic mass is 10.0. The van der Waals surface area contributed by atoms with Gasteiger partial charge in [-0.1, -0.05) is 54.6 Å². The molecule has 2 aromatic heterocycles. The zero-order valence-corrected chi connectivity index (χ0v) is 16.9. The van der Waals surface area contributed by atoms with Crippen molar-refractivity contribution in [3.63, 3.8) is 0 Å². The van der Waals surface area contributed by atoms with Gasteiger partial charge >= 0.3 is 5.63 Å². The highest BCUT2D eigenvalue weighted by molar-refractivity contribution is 7.14. The third-order valence-electron chi connectivity index (χ3n) is 4.91. The Morgan fingerprint density at radius 2 is 1.73 bits per heavy atom. The van der Waals surface area contributed by atoms with Gasteiger partial charge in [0, 0.05) is 10.8 Å². The van der Waals surface area contributed by atoms with E-state index < -0.39 is 5.63 Å². The second kappa shape index (κ2) is 7.57. The zero-order valence-electron chi connectivity index (χ0n) is 16.1. The highest BCUT2D eigenvalue weighted by Crippen LogP contribution is 2.25. The summed E-state index contributed by atoms with van der Waals surface area (Å²) in [6.45, 7) is 1.95. The Labute approximate surface area is 176 Å². The van der Waals surface area contributed by atoms with Gasteiger partial charge in [0.15, 0.2) is 0 Å². The van der Waals surface area contributed by atoms with Crippen LogP contribution in [-0.2, 0) is 0 Å². The summed E-state index contributed by atoms with van der Waals surface area (Å²) in [7, 11) is 0. The van der Waals surface area contributed by atoms with Crippen molar-refractivity contribution >= 4 is 43.9 Å². The maximum absolute atomic E-state index is 12.4. The molecule has 0 saturated heterocycles. The van der Waals surface area contributed by atoms with Crippen LogP contribution < -0.4 is 11.1 Å². The minimum atomic E-state index is -0.401. The van der Waals surface area contributed by atoms with Crippen molar-refractivity contribution in [3.05, 3.63) is 94.2 Å². The molecule has 2 heterocycles. The van der Waals surface area contributed by atoms with Gasteiger partial charge in [-0.2, -0.15) is 5.10 Å². The number of thiazole rings is 1. The van der Waals surface area contributed by atoms with E-state index in [1.165, 1.54) is 22.1 Å². The van der Waals surface area contributed by atoms with E-state index in [0.29, 0.717) is 22.0 Å². The molecule has 5 rings (SSSR count). The van der Waals surface area contributed by atoms with E-state index in [9.17, 15) is 4.79 Å². The number of fused-ring (bicyclic) bond motifs is 2. The molecule has 0 unspecified atom stereocenters. The van der Waals surface area contributed by atoms with Crippen molar-refractivity contribution in [1.29, 1.82) is 0 Å². The first-order valence-corrected chi connectivity index (χ1v) is 10.3. The Morgan fingerprint density at radius 3 is 2.60 bits per heavy atom. The van der Waals surface area contributed by atoms with Crippen molar-refractivity contribution in [2.75, 3.05) is 5.43 Å². The van der Waals surface area contributed by atoms with E-state index >= 15 is 0 Å². The molecule has 146 valence electrons. The third kappa shape index (κ3) is 3.49. The number of rotatable bonds is 4. The number of aromatic nitrogens is 1. The average molecular weight is 411 g/mol.